The zero-order valence-electron chi connectivity index (χ0n) is 16.7. The fourth-order valence-electron chi connectivity index (χ4n) is 2.27. The van der Waals surface area contributed by atoms with Crippen molar-refractivity contribution in [3.8, 4) is 0 Å². The third-order valence-corrected chi connectivity index (χ3v) is 3.83. The zero-order valence-corrected chi connectivity index (χ0v) is 16.7. The molecule has 0 fully saturated rings. The first-order chi connectivity index (χ1) is 11.3. The molecule has 0 aliphatic rings. The summed E-state index contributed by atoms with van der Waals surface area (Å²) in [6, 6.07) is 12.0. The average Bonchev–Trinajstić information content (AvgIpc) is 2.61. The second-order valence-electron chi connectivity index (χ2n) is 6.34. The summed E-state index contributed by atoms with van der Waals surface area (Å²) >= 11 is 0. The van der Waals surface area contributed by atoms with Crippen LogP contribution in [0.2, 0.25) is 0 Å². The maximum atomic E-state index is 2.26. The number of hydrogen-bond acceptors (Lipinski definition) is 0. The first kappa shape index (κ1) is 24.5. The normalized spacial score (nSPS) is 9.39. The van der Waals surface area contributed by atoms with Crippen LogP contribution < -0.4 is 0 Å². The molecule has 0 unspecified atom stereocenters. The van der Waals surface area contributed by atoms with Crippen LogP contribution in [0.1, 0.15) is 111 Å². The summed E-state index contributed by atoms with van der Waals surface area (Å²) in [7, 11) is 0. The van der Waals surface area contributed by atoms with Gasteiger partial charge >= 0.3 is 0 Å². The molecule has 0 aliphatic heterocycles. The van der Waals surface area contributed by atoms with E-state index in [4.69, 9.17) is 0 Å². The van der Waals surface area contributed by atoms with E-state index in [-0.39, 0.29) is 0 Å². The van der Waals surface area contributed by atoms with Crippen molar-refractivity contribution >= 4 is 0 Å². The first-order valence-electron chi connectivity index (χ1n) is 10.3. The fourth-order valence-corrected chi connectivity index (χ4v) is 2.27. The fraction of sp³-hybridized carbons (Fsp3) is 0.739. The van der Waals surface area contributed by atoms with Crippen LogP contribution in [0.5, 0.6) is 0 Å². The van der Waals surface area contributed by atoms with Gasteiger partial charge in [-0.15, -0.1) is 0 Å². The number of hydrogen-bond donors (Lipinski definition) is 0. The van der Waals surface area contributed by atoms with Crippen molar-refractivity contribution in [1.82, 2.24) is 0 Å². The molecule has 1 aromatic carbocycles. The van der Waals surface area contributed by atoms with Gasteiger partial charge in [0.1, 0.15) is 0 Å². The Bertz CT molecular complexity index is 213. The predicted octanol–water partition coefficient (Wildman–Crippen LogP) is 8.81. The van der Waals surface area contributed by atoms with Gasteiger partial charge in [0.05, 0.1) is 0 Å². The molecule has 0 N–H and O–H groups in total. The molecule has 0 aromatic heterocycles. The Labute approximate surface area is 148 Å². The maximum absolute atomic E-state index is 2.26. The van der Waals surface area contributed by atoms with Crippen LogP contribution in [0.25, 0.3) is 0 Å². The Morgan fingerprint density at radius 2 is 0.478 bits per heavy atom. The summed E-state index contributed by atoms with van der Waals surface area (Å²) in [5.74, 6) is 0. The van der Waals surface area contributed by atoms with Crippen molar-refractivity contribution in [1.29, 1.82) is 0 Å². The SMILES string of the molecule is CCCCCCCC.CCCCCCCCC.c1ccccc1. The van der Waals surface area contributed by atoms with Gasteiger partial charge in [0.25, 0.3) is 0 Å². The third-order valence-electron chi connectivity index (χ3n) is 3.83. The summed E-state index contributed by atoms with van der Waals surface area (Å²) in [6.07, 6.45) is 18.5. The highest BCUT2D eigenvalue weighted by Crippen LogP contribution is 2.05. The van der Waals surface area contributed by atoms with Crippen molar-refractivity contribution < 1.29 is 0 Å². The lowest BCUT2D eigenvalue weighted by Crippen LogP contribution is -1.76. The van der Waals surface area contributed by atoms with Crippen LogP contribution in [-0.2, 0) is 0 Å². The van der Waals surface area contributed by atoms with Gasteiger partial charge in [0.2, 0.25) is 0 Å². The van der Waals surface area contributed by atoms with Gasteiger partial charge in [-0.25, -0.2) is 0 Å². The van der Waals surface area contributed by atoms with Crippen LogP contribution in [0.15, 0.2) is 36.4 Å². The molecule has 23 heavy (non-hydrogen) atoms. The van der Waals surface area contributed by atoms with Gasteiger partial charge in [-0.3, -0.25) is 0 Å². The van der Waals surface area contributed by atoms with Crippen LogP contribution >= 0.6 is 0 Å². The smallest absolute Gasteiger partial charge is 0.0533 e. The molecule has 0 aliphatic carbocycles. The minimum atomic E-state index is 1.36. The Morgan fingerprint density at radius 3 is 0.652 bits per heavy atom. The van der Waals surface area contributed by atoms with Crippen LogP contribution in [0.3, 0.4) is 0 Å². The minimum Gasteiger partial charge on any atom is -0.0654 e. The topological polar surface area (TPSA) is 0 Å². The average molecular weight is 321 g/mol. The van der Waals surface area contributed by atoms with E-state index in [1.807, 2.05) is 36.4 Å². The maximum Gasteiger partial charge on any atom is -0.0533 e. The largest absolute Gasteiger partial charge is 0.0654 e. The first-order valence-corrected chi connectivity index (χ1v) is 10.3. The van der Waals surface area contributed by atoms with Crippen molar-refractivity contribution in [3.63, 3.8) is 0 Å². The Morgan fingerprint density at radius 1 is 0.304 bits per heavy atom. The van der Waals surface area contributed by atoms with Gasteiger partial charge in [-0.05, 0) is 0 Å². The molecule has 0 radical (unpaired) electrons. The van der Waals surface area contributed by atoms with Crippen molar-refractivity contribution in [2.45, 2.75) is 111 Å². The van der Waals surface area contributed by atoms with E-state index in [9.17, 15) is 0 Å². The molecular formula is C23H44. The monoisotopic (exact) mass is 320 g/mol. The van der Waals surface area contributed by atoms with Gasteiger partial charge < -0.3 is 0 Å². The third kappa shape index (κ3) is 29.8. The molecule has 0 nitrogen and oxygen atoms in total. The highest BCUT2D eigenvalue weighted by atomic mass is 13.9. The number of unbranched alkanes of at least 4 members (excludes halogenated alkanes) is 11. The van der Waals surface area contributed by atoms with Crippen molar-refractivity contribution in [2.75, 3.05) is 0 Å². The Balaban J connectivity index is 0. The summed E-state index contributed by atoms with van der Waals surface area (Å²) in [6.45, 7) is 9.04. The lowest BCUT2D eigenvalue weighted by atomic mass is 10.1. The number of benzene rings is 1. The zero-order chi connectivity index (χ0) is 17.4. The lowest BCUT2D eigenvalue weighted by Gasteiger charge is -1.96. The molecule has 1 rings (SSSR count). The molecule has 0 bridgehead atoms. The highest BCUT2D eigenvalue weighted by Gasteiger charge is 1.86. The van der Waals surface area contributed by atoms with Crippen LogP contribution in [-0.4, -0.2) is 0 Å². The van der Waals surface area contributed by atoms with E-state index < -0.39 is 0 Å². The summed E-state index contributed by atoms with van der Waals surface area (Å²) in [5, 5.41) is 0. The molecule has 0 atom stereocenters. The standard InChI is InChI=1S/C9H20.C8H18.C6H6/c1-3-5-7-9-8-6-4-2;1-3-5-7-8-6-4-2;1-2-4-6-5-3-1/h3-9H2,1-2H3;3-8H2,1-2H3;1-6H. The lowest BCUT2D eigenvalue weighted by molar-refractivity contribution is 0.602. The van der Waals surface area contributed by atoms with Crippen LogP contribution in [0.4, 0.5) is 0 Å². The van der Waals surface area contributed by atoms with Gasteiger partial charge in [-0.2, -0.15) is 0 Å². The summed E-state index contributed by atoms with van der Waals surface area (Å²) in [4.78, 5) is 0. The van der Waals surface area contributed by atoms with E-state index in [1.165, 1.54) is 83.5 Å². The van der Waals surface area contributed by atoms with Gasteiger partial charge in [-0.1, -0.05) is 148 Å². The molecule has 0 saturated heterocycles. The predicted molar refractivity (Wildman–Crippen MR) is 109 cm³/mol. The Hall–Kier alpha value is -0.780. The second kappa shape index (κ2) is 26.1. The molecule has 1 aromatic rings. The van der Waals surface area contributed by atoms with E-state index in [0.717, 1.165) is 0 Å². The Kier molecular flexibility index (Phi) is 27.8. The van der Waals surface area contributed by atoms with Crippen molar-refractivity contribution in [2.24, 2.45) is 0 Å². The quantitative estimate of drug-likeness (QED) is 0.357. The van der Waals surface area contributed by atoms with Crippen molar-refractivity contribution in [3.05, 3.63) is 36.4 Å². The van der Waals surface area contributed by atoms with Gasteiger partial charge in [0.15, 0.2) is 0 Å². The van der Waals surface area contributed by atoms with E-state index >= 15 is 0 Å². The number of rotatable bonds is 11. The molecule has 136 valence electrons. The molecule has 0 spiro atoms. The highest BCUT2D eigenvalue weighted by molar-refractivity contribution is 4.99. The molecule has 0 saturated carbocycles. The molecular weight excluding hydrogens is 276 g/mol. The second-order valence-corrected chi connectivity index (χ2v) is 6.34. The summed E-state index contributed by atoms with van der Waals surface area (Å²) in [5.41, 5.74) is 0. The molecule has 0 heteroatoms. The molecule has 0 amide bonds. The van der Waals surface area contributed by atoms with Gasteiger partial charge in [0, 0.05) is 0 Å². The minimum absolute atomic E-state index is 1.36. The molecule has 0 heterocycles. The van der Waals surface area contributed by atoms with Crippen LogP contribution in [0, 0.1) is 0 Å². The van der Waals surface area contributed by atoms with E-state index in [1.54, 1.807) is 0 Å². The summed E-state index contributed by atoms with van der Waals surface area (Å²) < 4.78 is 0. The van der Waals surface area contributed by atoms with E-state index in [0.29, 0.717) is 0 Å². The van der Waals surface area contributed by atoms with E-state index in [2.05, 4.69) is 27.7 Å².